The molecule has 20 heavy (non-hydrogen) atoms. The van der Waals surface area contributed by atoms with E-state index in [2.05, 4.69) is 9.97 Å². The molecule has 7 nitrogen and oxygen atoms in total. The molecule has 1 unspecified atom stereocenters. The zero-order chi connectivity index (χ0) is 14.3. The lowest BCUT2D eigenvalue weighted by Crippen LogP contribution is -2.41. The Morgan fingerprint density at radius 2 is 2.25 bits per heavy atom. The van der Waals surface area contributed by atoms with Gasteiger partial charge in [0.1, 0.15) is 6.04 Å². The van der Waals surface area contributed by atoms with Crippen molar-refractivity contribution in [1.82, 2.24) is 9.97 Å². The maximum Gasteiger partial charge on any atom is 0.260 e. The van der Waals surface area contributed by atoms with E-state index < -0.39 is 11.9 Å². The van der Waals surface area contributed by atoms with E-state index in [1.165, 1.54) is 0 Å². The number of nitrogens with zero attached hydrogens (tertiary/aromatic N) is 2. The molecule has 3 rings (SSSR count). The van der Waals surface area contributed by atoms with E-state index in [1.807, 2.05) is 0 Å². The van der Waals surface area contributed by atoms with Crippen molar-refractivity contribution < 1.29 is 4.79 Å². The Kier molecular flexibility index (Phi) is 2.81. The van der Waals surface area contributed by atoms with Crippen LogP contribution in [0.4, 0.5) is 11.6 Å². The van der Waals surface area contributed by atoms with Crippen LogP contribution in [0.1, 0.15) is 12.8 Å². The lowest BCUT2D eigenvalue weighted by atomic mass is 10.2. The van der Waals surface area contributed by atoms with E-state index >= 15 is 0 Å². The fourth-order valence-electron chi connectivity index (χ4n) is 2.60. The van der Waals surface area contributed by atoms with E-state index in [1.54, 1.807) is 23.1 Å². The zero-order valence-electron chi connectivity index (χ0n) is 10.8. The molecule has 1 atom stereocenters. The first kappa shape index (κ1) is 12.5. The Hall–Kier alpha value is -2.57. The van der Waals surface area contributed by atoms with Crippen molar-refractivity contribution in [3.63, 3.8) is 0 Å². The number of carbonyl (C=O) groups excluding carboxylic acids is 1. The number of aromatic nitrogens is 2. The van der Waals surface area contributed by atoms with E-state index in [9.17, 15) is 9.59 Å². The first-order chi connectivity index (χ1) is 9.56. The molecule has 1 fully saturated rings. The van der Waals surface area contributed by atoms with Crippen molar-refractivity contribution in [2.45, 2.75) is 18.9 Å². The Morgan fingerprint density at radius 3 is 3.00 bits per heavy atom. The number of hydrogen-bond donors (Lipinski definition) is 3. The summed E-state index contributed by atoms with van der Waals surface area (Å²) >= 11 is 0. The van der Waals surface area contributed by atoms with E-state index in [0.717, 1.165) is 6.42 Å². The third kappa shape index (κ3) is 1.97. The van der Waals surface area contributed by atoms with Crippen LogP contribution in [0, 0.1) is 0 Å². The van der Waals surface area contributed by atoms with Crippen LogP contribution in [0.3, 0.4) is 0 Å². The molecule has 0 aliphatic carbocycles. The lowest BCUT2D eigenvalue weighted by Gasteiger charge is -2.22. The molecule has 1 aromatic carbocycles. The highest BCUT2D eigenvalue weighted by atomic mass is 16.1. The van der Waals surface area contributed by atoms with Crippen LogP contribution in [0.2, 0.25) is 0 Å². The molecule has 0 spiro atoms. The molecule has 1 amide bonds. The van der Waals surface area contributed by atoms with Crippen molar-refractivity contribution in [3.05, 3.63) is 28.6 Å². The van der Waals surface area contributed by atoms with Crippen molar-refractivity contribution in [2.75, 3.05) is 17.2 Å². The maximum atomic E-state index is 12.1. The summed E-state index contributed by atoms with van der Waals surface area (Å²) in [7, 11) is 0. The minimum absolute atomic E-state index is 0.271. The number of aromatic amines is 1. The highest BCUT2D eigenvalue weighted by Gasteiger charge is 2.30. The molecule has 0 radical (unpaired) electrons. The number of nitrogen functional groups attached to an aromatic ring is 1. The van der Waals surface area contributed by atoms with Gasteiger partial charge in [-0.15, -0.1) is 0 Å². The van der Waals surface area contributed by atoms with Gasteiger partial charge in [-0.25, -0.2) is 4.98 Å². The molecule has 1 aromatic heterocycles. The summed E-state index contributed by atoms with van der Waals surface area (Å²) in [5.41, 5.74) is 11.8. The number of nitrogens with one attached hydrogen (secondary N) is 1. The maximum absolute atomic E-state index is 12.1. The fraction of sp³-hybridized carbons (Fsp3) is 0.308. The number of fused-ring (bicyclic) bond motifs is 1. The fourth-order valence-corrected chi connectivity index (χ4v) is 2.60. The molecule has 104 valence electrons. The Labute approximate surface area is 114 Å². The monoisotopic (exact) mass is 273 g/mol. The number of carbonyl (C=O) groups is 1. The molecule has 5 N–H and O–H groups in total. The van der Waals surface area contributed by atoms with Gasteiger partial charge in [0.25, 0.3) is 5.56 Å². The summed E-state index contributed by atoms with van der Waals surface area (Å²) < 4.78 is 0. The smallest absolute Gasteiger partial charge is 0.260 e. The van der Waals surface area contributed by atoms with Crippen LogP contribution in [0.25, 0.3) is 10.9 Å². The van der Waals surface area contributed by atoms with Crippen molar-refractivity contribution in [3.8, 4) is 0 Å². The normalized spacial score (nSPS) is 18.6. The molecule has 2 heterocycles. The Bertz CT molecular complexity index is 739. The van der Waals surface area contributed by atoms with Crippen LogP contribution < -0.4 is 21.9 Å². The molecule has 1 aliphatic rings. The highest BCUT2D eigenvalue weighted by molar-refractivity contribution is 5.85. The average Bonchev–Trinajstić information content (AvgIpc) is 2.89. The SMILES string of the molecule is NC(=O)C1CCCN1c1nc2ccc(N)cc2c(=O)[nH]1. The van der Waals surface area contributed by atoms with Crippen LogP contribution in [0.15, 0.2) is 23.0 Å². The third-order valence-corrected chi connectivity index (χ3v) is 3.57. The molecule has 2 aromatic rings. The van der Waals surface area contributed by atoms with Crippen LogP contribution in [0.5, 0.6) is 0 Å². The van der Waals surface area contributed by atoms with Crippen molar-refractivity contribution in [1.29, 1.82) is 0 Å². The summed E-state index contributed by atoms with van der Waals surface area (Å²) in [6.07, 6.45) is 1.52. The number of benzene rings is 1. The summed E-state index contributed by atoms with van der Waals surface area (Å²) in [5.74, 6) is -0.0175. The Balaban J connectivity index is 2.11. The molecule has 1 aliphatic heterocycles. The van der Waals surface area contributed by atoms with Gasteiger partial charge in [-0.2, -0.15) is 0 Å². The average molecular weight is 273 g/mol. The van der Waals surface area contributed by atoms with Gasteiger partial charge in [-0.3, -0.25) is 14.6 Å². The van der Waals surface area contributed by atoms with Gasteiger partial charge >= 0.3 is 0 Å². The minimum Gasteiger partial charge on any atom is -0.399 e. The third-order valence-electron chi connectivity index (χ3n) is 3.57. The molecular formula is C13H15N5O2. The van der Waals surface area contributed by atoms with Gasteiger partial charge in [-0.1, -0.05) is 0 Å². The Morgan fingerprint density at radius 1 is 1.45 bits per heavy atom. The van der Waals surface area contributed by atoms with Gasteiger partial charge < -0.3 is 16.4 Å². The van der Waals surface area contributed by atoms with Crippen LogP contribution >= 0.6 is 0 Å². The number of nitrogens with two attached hydrogens (primary N) is 2. The summed E-state index contributed by atoms with van der Waals surface area (Å²) in [6.45, 7) is 0.650. The van der Waals surface area contributed by atoms with Crippen LogP contribution in [-0.4, -0.2) is 28.5 Å². The number of H-pyrrole nitrogens is 1. The second-order valence-corrected chi connectivity index (χ2v) is 4.92. The summed E-state index contributed by atoms with van der Waals surface area (Å²) in [6, 6.07) is 4.55. The van der Waals surface area contributed by atoms with E-state index in [4.69, 9.17) is 11.5 Å². The predicted octanol–water partition coefficient (Wildman–Crippen LogP) is -0.0406. The van der Waals surface area contributed by atoms with E-state index in [-0.39, 0.29) is 5.56 Å². The second-order valence-electron chi connectivity index (χ2n) is 4.92. The van der Waals surface area contributed by atoms with E-state index in [0.29, 0.717) is 35.5 Å². The van der Waals surface area contributed by atoms with Crippen LogP contribution in [-0.2, 0) is 4.79 Å². The lowest BCUT2D eigenvalue weighted by molar-refractivity contribution is -0.119. The van der Waals surface area contributed by atoms with Crippen molar-refractivity contribution >= 4 is 28.4 Å². The topological polar surface area (TPSA) is 118 Å². The van der Waals surface area contributed by atoms with Crippen molar-refractivity contribution in [2.24, 2.45) is 5.73 Å². The number of amides is 1. The molecular weight excluding hydrogens is 258 g/mol. The second kappa shape index (κ2) is 4.52. The van der Waals surface area contributed by atoms with Gasteiger partial charge in [0, 0.05) is 12.2 Å². The van der Waals surface area contributed by atoms with Gasteiger partial charge in [0.05, 0.1) is 10.9 Å². The molecule has 7 heteroatoms. The molecule has 0 bridgehead atoms. The molecule has 1 saturated heterocycles. The first-order valence-corrected chi connectivity index (χ1v) is 6.42. The largest absolute Gasteiger partial charge is 0.399 e. The van der Waals surface area contributed by atoms with Gasteiger partial charge in [0.15, 0.2) is 0 Å². The number of rotatable bonds is 2. The summed E-state index contributed by atoms with van der Waals surface area (Å²) in [5, 5.41) is 0.434. The summed E-state index contributed by atoms with van der Waals surface area (Å²) in [4.78, 5) is 32.4. The molecule has 0 saturated carbocycles. The number of hydrogen-bond acceptors (Lipinski definition) is 5. The number of anilines is 2. The first-order valence-electron chi connectivity index (χ1n) is 6.42. The van der Waals surface area contributed by atoms with Gasteiger partial charge in [0.2, 0.25) is 11.9 Å². The highest BCUT2D eigenvalue weighted by Crippen LogP contribution is 2.23. The van der Waals surface area contributed by atoms with Gasteiger partial charge in [-0.05, 0) is 31.0 Å². The standard InChI is InChI=1S/C13H15N5O2/c14-7-3-4-9-8(6-7)12(20)17-13(16-9)18-5-1-2-10(18)11(15)19/h3-4,6,10H,1-2,5,14H2,(H2,15,19)(H,16,17,20). The number of primary amides is 1. The predicted molar refractivity (Wildman–Crippen MR) is 76.3 cm³/mol. The quantitative estimate of drug-likeness (QED) is 0.663. The minimum atomic E-state index is -0.413. The zero-order valence-corrected chi connectivity index (χ0v) is 10.8.